The van der Waals surface area contributed by atoms with E-state index in [1.54, 1.807) is 0 Å². The summed E-state index contributed by atoms with van der Waals surface area (Å²) in [6, 6.07) is 0. The van der Waals surface area contributed by atoms with Crippen LogP contribution in [0.2, 0.25) is 0 Å². The molecule has 1 aromatic heterocycles. The highest BCUT2D eigenvalue weighted by molar-refractivity contribution is 7.11. The van der Waals surface area contributed by atoms with E-state index in [4.69, 9.17) is 4.98 Å². The summed E-state index contributed by atoms with van der Waals surface area (Å²) in [5.74, 6) is 1.50. The van der Waals surface area contributed by atoms with Crippen LogP contribution in [0.5, 0.6) is 0 Å². The van der Waals surface area contributed by atoms with Crippen molar-refractivity contribution in [1.29, 1.82) is 0 Å². The molecular weight excluding hydrogens is 216 g/mol. The lowest BCUT2D eigenvalue weighted by atomic mass is 10.1. The number of rotatable bonds is 6. The van der Waals surface area contributed by atoms with Gasteiger partial charge >= 0.3 is 0 Å². The van der Waals surface area contributed by atoms with E-state index in [9.17, 15) is 0 Å². The highest BCUT2D eigenvalue weighted by atomic mass is 32.1. The highest BCUT2D eigenvalue weighted by Crippen LogP contribution is 2.42. The van der Waals surface area contributed by atoms with Crippen molar-refractivity contribution in [3.8, 4) is 0 Å². The number of hydrogen-bond donors (Lipinski definition) is 1. The van der Waals surface area contributed by atoms with Gasteiger partial charge in [-0.25, -0.2) is 4.98 Å². The number of hydrogen-bond acceptors (Lipinski definition) is 3. The maximum atomic E-state index is 4.84. The zero-order valence-corrected chi connectivity index (χ0v) is 11.4. The molecule has 0 spiro atoms. The summed E-state index contributed by atoms with van der Waals surface area (Å²) < 4.78 is 0. The molecule has 0 atom stereocenters. The molecule has 1 N–H and O–H groups in total. The van der Waals surface area contributed by atoms with Gasteiger partial charge in [0.1, 0.15) is 0 Å². The van der Waals surface area contributed by atoms with Crippen molar-refractivity contribution in [3.63, 3.8) is 0 Å². The third kappa shape index (κ3) is 3.05. The van der Waals surface area contributed by atoms with Gasteiger partial charge in [0.25, 0.3) is 0 Å². The average Bonchev–Trinajstić information content (AvgIpc) is 2.99. The van der Waals surface area contributed by atoms with Crippen LogP contribution in [0.25, 0.3) is 0 Å². The second-order valence-electron chi connectivity index (χ2n) is 5.07. The third-order valence-corrected chi connectivity index (χ3v) is 4.12. The van der Waals surface area contributed by atoms with Gasteiger partial charge in [-0.1, -0.05) is 20.8 Å². The van der Waals surface area contributed by atoms with Crippen LogP contribution in [0.3, 0.4) is 0 Å². The van der Waals surface area contributed by atoms with E-state index in [1.165, 1.54) is 28.4 Å². The lowest BCUT2D eigenvalue weighted by Crippen LogP contribution is -2.12. The van der Waals surface area contributed by atoms with E-state index >= 15 is 0 Å². The van der Waals surface area contributed by atoms with Gasteiger partial charge in [-0.05, 0) is 31.7 Å². The lowest BCUT2D eigenvalue weighted by molar-refractivity contribution is 0.626. The van der Waals surface area contributed by atoms with Crippen LogP contribution in [0.15, 0.2) is 0 Å². The molecule has 0 amide bonds. The van der Waals surface area contributed by atoms with Gasteiger partial charge in [-0.3, -0.25) is 0 Å². The molecule has 0 bridgehead atoms. The lowest BCUT2D eigenvalue weighted by Gasteiger charge is -2.04. The van der Waals surface area contributed by atoms with E-state index in [2.05, 4.69) is 26.1 Å². The molecule has 0 unspecified atom stereocenters. The van der Waals surface area contributed by atoms with E-state index in [0.29, 0.717) is 5.92 Å². The van der Waals surface area contributed by atoms with Crippen molar-refractivity contribution >= 4 is 11.3 Å². The smallest absolute Gasteiger partial charge is 0.0962 e. The van der Waals surface area contributed by atoms with Crippen LogP contribution < -0.4 is 5.32 Å². The van der Waals surface area contributed by atoms with Crippen LogP contribution in [-0.2, 0) is 13.0 Å². The molecule has 1 aromatic rings. The van der Waals surface area contributed by atoms with Gasteiger partial charge in [0.15, 0.2) is 0 Å². The topological polar surface area (TPSA) is 24.9 Å². The van der Waals surface area contributed by atoms with Crippen LogP contribution in [-0.4, -0.2) is 11.5 Å². The monoisotopic (exact) mass is 238 g/mol. The molecule has 2 nitrogen and oxygen atoms in total. The zero-order valence-electron chi connectivity index (χ0n) is 10.5. The Morgan fingerprint density at radius 2 is 2.19 bits per heavy atom. The van der Waals surface area contributed by atoms with E-state index < -0.39 is 0 Å². The average molecular weight is 238 g/mol. The second-order valence-corrected chi connectivity index (χ2v) is 6.19. The molecule has 0 aromatic carbocycles. The maximum Gasteiger partial charge on any atom is 0.0962 e. The molecule has 1 saturated carbocycles. The minimum absolute atomic E-state index is 0.703. The first kappa shape index (κ1) is 12.1. The molecule has 2 rings (SSSR count). The Morgan fingerprint density at radius 3 is 2.75 bits per heavy atom. The van der Waals surface area contributed by atoms with Crippen molar-refractivity contribution in [2.45, 2.75) is 52.5 Å². The number of aromatic nitrogens is 1. The third-order valence-electron chi connectivity index (χ3n) is 2.86. The van der Waals surface area contributed by atoms with Gasteiger partial charge in [-0.2, -0.15) is 0 Å². The molecular formula is C13H22N2S. The Bertz CT molecular complexity index is 340. The Hall–Kier alpha value is -0.410. The normalized spacial score (nSPS) is 16.0. The fourth-order valence-corrected chi connectivity index (χ4v) is 3.06. The zero-order chi connectivity index (χ0) is 11.5. The fourth-order valence-electron chi connectivity index (χ4n) is 1.83. The van der Waals surface area contributed by atoms with Gasteiger partial charge in [0.05, 0.1) is 10.7 Å². The van der Waals surface area contributed by atoms with Crippen LogP contribution >= 0.6 is 11.3 Å². The first-order valence-corrected chi connectivity index (χ1v) is 7.21. The standard InChI is InChI=1S/C13H22N2S/c1-4-14-8-12-11(7-9(2)3)15-13(16-12)10-5-6-10/h9-10,14H,4-8H2,1-3H3. The molecule has 0 radical (unpaired) electrons. The maximum absolute atomic E-state index is 4.84. The first-order chi connectivity index (χ1) is 7.70. The highest BCUT2D eigenvalue weighted by Gasteiger charge is 2.28. The molecule has 1 heterocycles. The summed E-state index contributed by atoms with van der Waals surface area (Å²) in [5.41, 5.74) is 1.35. The second kappa shape index (κ2) is 5.28. The summed E-state index contributed by atoms with van der Waals surface area (Å²) >= 11 is 1.94. The Balaban J connectivity index is 2.10. The van der Waals surface area contributed by atoms with Crippen molar-refractivity contribution in [1.82, 2.24) is 10.3 Å². The molecule has 0 saturated heterocycles. The summed E-state index contributed by atoms with van der Waals surface area (Å²) in [6.45, 7) is 8.74. The van der Waals surface area contributed by atoms with Gasteiger partial charge in [-0.15, -0.1) is 11.3 Å². The van der Waals surface area contributed by atoms with Crippen molar-refractivity contribution in [3.05, 3.63) is 15.6 Å². The van der Waals surface area contributed by atoms with Crippen molar-refractivity contribution in [2.24, 2.45) is 5.92 Å². The quantitative estimate of drug-likeness (QED) is 0.822. The first-order valence-electron chi connectivity index (χ1n) is 6.39. The van der Waals surface area contributed by atoms with E-state index in [1.807, 2.05) is 11.3 Å². The number of nitrogens with zero attached hydrogens (tertiary/aromatic N) is 1. The van der Waals surface area contributed by atoms with Crippen LogP contribution in [0, 0.1) is 5.92 Å². The summed E-state index contributed by atoms with van der Waals surface area (Å²) in [6.07, 6.45) is 3.84. The predicted molar refractivity (Wildman–Crippen MR) is 70.0 cm³/mol. The molecule has 1 aliphatic rings. The summed E-state index contributed by atoms with van der Waals surface area (Å²) in [5, 5.41) is 4.81. The summed E-state index contributed by atoms with van der Waals surface area (Å²) in [4.78, 5) is 6.31. The summed E-state index contributed by atoms with van der Waals surface area (Å²) in [7, 11) is 0. The van der Waals surface area contributed by atoms with Gasteiger partial charge < -0.3 is 5.32 Å². The Morgan fingerprint density at radius 1 is 1.44 bits per heavy atom. The molecule has 1 aliphatic carbocycles. The van der Waals surface area contributed by atoms with Gasteiger partial charge in [0, 0.05) is 17.3 Å². The van der Waals surface area contributed by atoms with Gasteiger partial charge in [0.2, 0.25) is 0 Å². The SMILES string of the molecule is CCNCc1sc(C2CC2)nc1CC(C)C. The molecule has 1 fully saturated rings. The van der Waals surface area contributed by atoms with Crippen LogP contribution in [0.4, 0.5) is 0 Å². The Labute approximate surface area is 102 Å². The number of thiazole rings is 1. The van der Waals surface area contributed by atoms with Crippen LogP contribution in [0.1, 0.15) is 55.1 Å². The van der Waals surface area contributed by atoms with Crippen molar-refractivity contribution in [2.75, 3.05) is 6.54 Å². The Kier molecular flexibility index (Phi) is 3.98. The molecule has 0 aliphatic heterocycles. The predicted octanol–water partition coefficient (Wildman–Crippen LogP) is 3.33. The minimum atomic E-state index is 0.703. The van der Waals surface area contributed by atoms with E-state index in [0.717, 1.165) is 25.4 Å². The van der Waals surface area contributed by atoms with Crippen molar-refractivity contribution < 1.29 is 0 Å². The minimum Gasteiger partial charge on any atom is -0.312 e. The molecule has 16 heavy (non-hydrogen) atoms. The van der Waals surface area contributed by atoms with E-state index in [-0.39, 0.29) is 0 Å². The fraction of sp³-hybridized carbons (Fsp3) is 0.769. The number of nitrogens with one attached hydrogen (secondary N) is 1. The largest absolute Gasteiger partial charge is 0.312 e. The molecule has 90 valence electrons. The molecule has 3 heteroatoms.